The Morgan fingerprint density at radius 3 is 2.68 bits per heavy atom. The number of esters is 1. The topological polar surface area (TPSA) is 112 Å². The Bertz CT molecular complexity index is 1180. The summed E-state index contributed by atoms with van der Waals surface area (Å²) in [5.41, 5.74) is 4.70. The first kappa shape index (κ1) is 23.7. The van der Waals surface area contributed by atoms with Crippen LogP contribution in [0.3, 0.4) is 0 Å². The zero-order valence-corrected chi connectivity index (χ0v) is 20.2. The van der Waals surface area contributed by atoms with Crippen LogP contribution < -0.4 is 5.32 Å². The minimum Gasteiger partial charge on any atom is -0.466 e. The maximum Gasteiger partial charge on any atom is 0.307 e. The molecule has 9 heteroatoms. The van der Waals surface area contributed by atoms with Crippen LogP contribution in [0.25, 0.3) is 23.0 Å². The van der Waals surface area contributed by atoms with Crippen molar-refractivity contribution in [2.75, 3.05) is 13.2 Å². The molecule has 0 fully saturated rings. The highest BCUT2D eigenvalue weighted by Gasteiger charge is 2.32. The first-order valence-corrected chi connectivity index (χ1v) is 11.8. The van der Waals surface area contributed by atoms with Crippen LogP contribution >= 0.6 is 0 Å². The van der Waals surface area contributed by atoms with E-state index in [9.17, 15) is 9.59 Å². The summed E-state index contributed by atoms with van der Waals surface area (Å²) in [5, 5.41) is 11.6. The van der Waals surface area contributed by atoms with E-state index in [4.69, 9.17) is 14.4 Å². The molecule has 34 heavy (non-hydrogen) atoms. The Kier molecular flexibility index (Phi) is 6.81. The molecule has 0 radical (unpaired) electrons. The van der Waals surface area contributed by atoms with Gasteiger partial charge in [0.15, 0.2) is 5.69 Å². The molecule has 180 valence electrons. The van der Waals surface area contributed by atoms with Crippen LogP contribution in [0.2, 0.25) is 0 Å². The van der Waals surface area contributed by atoms with Gasteiger partial charge in [0.05, 0.1) is 13.0 Å². The van der Waals surface area contributed by atoms with Crippen molar-refractivity contribution in [3.05, 3.63) is 41.1 Å². The van der Waals surface area contributed by atoms with Gasteiger partial charge in [0.25, 0.3) is 11.8 Å². The third kappa shape index (κ3) is 5.03. The van der Waals surface area contributed by atoms with E-state index in [0.29, 0.717) is 23.9 Å². The fraction of sp³-hybridized carbons (Fsp3) is 0.480. The number of rotatable bonds is 8. The molecule has 1 aliphatic carbocycles. The van der Waals surface area contributed by atoms with E-state index in [2.05, 4.69) is 36.2 Å². The lowest BCUT2D eigenvalue weighted by atomic mass is 9.76. The number of hydrogen-bond acceptors (Lipinski definition) is 7. The second-order valence-corrected chi connectivity index (χ2v) is 9.24. The molecule has 1 amide bonds. The monoisotopic (exact) mass is 465 g/mol. The van der Waals surface area contributed by atoms with Gasteiger partial charge in [-0.3, -0.25) is 14.3 Å². The molecule has 1 N–H and O–H groups in total. The van der Waals surface area contributed by atoms with Crippen molar-refractivity contribution in [3.8, 4) is 23.0 Å². The van der Waals surface area contributed by atoms with Crippen LogP contribution in [0.4, 0.5) is 0 Å². The molecule has 0 saturated heterocycles. The number of amides is 1. The minimum atomic E-state index is -0.334. The lowest BCUT2D eigenvalue weighted by Gasteiger charge is -2.30. The van der Waals surface area contributed by atoms with Crippen molar-refractivity contribution in [2.45, 2.75) is 59.9 Å². The van der Waals surface area contributed by atoms with Crippen LogP contribution in [0.1, 0.15) is 62.2 Å². The fourth-order valence-electron chi connectivity index (χ4n) is 4.25. The standard InChI is InChI=1S/C25H31N5O4/c1-5-30-19-15-25(3,4)13-11-18(19)21(28-30)24-27-22(29-34-24)16-7-9-17(10-8-16)23(32)26-14-12-20(31)33-6-2/h7-10H,5-6,11-15H2,1-4H3,(H,26,32). The summed E-state index contributed by atoms with van der Waals surface area (Å²) >= 11 is 0. The summed E-state index contributed by atoms with van der Waals surface area (Å²) in [6.07, 6.45) is 3.15. The molecule has 1 aromatic carbocycles. The number of carbonyl (C=O) groups excluding carboxylic acids is 2. The quantitative estimate of drug-likeness (QED) is 0.503. The summed E-state index contributed by atoms with van der Waals surface area (Å²) < 4.78 is 12.5. The maximum absolute atomic E-state index is 12.3. The normalized spacial score (nSPS) is 14.5. The van der Waals surface area contributed by atoms with E-state index in [1.54, 1.807) is 31.2 Å². The van der Waals surface area contributed by atoms with Crippen LogP contribution in [-0.4, -0.2) is 44.9 Å². The predicted molar refractivity (Wildman–Crippen MR) is 126 cm³/mol. The van der Waals surface area contributed by atoms with Gasteiger partial charge in [0.1, 0.15) is 0 Å². The molecule has 3 aromatic rings. The van der Waals surface area contributed by atoms with Gasteiger partial charge < -0.3 is 14.6 Å². The number of carbonyl (C=O) groups is 2. The molecule has 0 atom stereocenters. The van der Waals surface area contributed by atoms with Gasteiger partial charge in [-0.05, 0) is 50.7 Å². The molecule has 0 saturated carbocycles. The summed E-state index contributed by atoms with van der Waals surface area (Å²) in [7, 11) is 0. The van der Waals surface area contributed by atoms with E-state index < -0.39 is 0 Å². The van der Waals surface area contributed by atoms with E-state index in [0.717, 1.165) is 37.1 Å². The SMILES string of the molecule is CCOC(=O)CCNC(=O)c1ccc(-c2noc(-c3nn(CC)c4c3CCC(C)(C)C4)n2)cc1. The Balaban J connectivity index is 1.47. The number of aryl methyl sites for hydroxylation is 1. The zero-order valence-electron chi connectivity index (χ0n) is 20.2. The van der Waals surface area contributed by atoms with Gasteiger partial charge in [-0.15, -0.1) is 0 Å². The van der Waals surface area contributed by atoms with Gasteiger partial charge in [-0.1, -0.05) is 31.1 Å². The van der Waals surface area contributed by atoms with Crippen molar-refractivity contribution in [1.82, 2.24) is 25.2 Å². The van der Waals surface area contributed by atoms with Crippen LogP contribution in [0, 0.1) is 5.41 Å². The summed E-state index contributed by atoms with van der Waals surface area (Å²) in [4.78, 5) is 28.3. The smallest absolute Gasteiger partial charge is 0.307 e. The highest BCUT2D eigenvalue weighted by molar-refractivity contribution is 5.94. The number of hydrogen-bond donors (Lipinski definition) is 1. The third-order valence-electron chi connectivity index (χ3n) is 6.12. The number of ether oxygens (including phenoxy) is 1. The van der Waals surface area contributed by atoms with E-state index in [-0.39, 0.29) is 30.3 Å². The third-order valence-corrected chi connectivity index (χ3v) is 6.12. The van der Waals surface area contributed by atoms with Gasteiger partial charge in [-0.25, -0.2) is 0 Å². The Labute approximate surface area is 198 Å². The lowest BCUT2D eigenvalue weighted by molar-refractivity contribution is -0.142. The number of nitrogens with zero attached hydrogens (tertiary/aromatic N) is 4. The minimum absolute atomic E-state index is 0.137. The molecule has 0 spiro atoms. The Morgan fingerprint density at radius 2 is 1.97 bits per heavy atom. The highest BCUT2D eigenvalue weighted by atomic mass is 16.5. The lowest BCUT2D eigenvalue weighted by Crippen LogP contribution is -2.26. The summed E-state index contributed by atoms with van der Waals surface area (Å²) in [5.74, 6) is 0.267. The number of nitrogens with one attached hydrogen (secondary N) is 1. The maximum atomic E-state index is 12.3. The first-order chi connectivity index (χ1) is 16.3. The summed E-state index contributed by atoms with van der Waals surface area (Å²) in [6, 6.07) is 6.94. The highest BCUT2D eigenvalue weighted by Crippen LogP contribution is 2.39. The van der Waals surface area contributed by atoms with Crippen LogP contribution in [0.5, 0.6) is 0 Å². The van der Waals surface area contributed by atoms with E-state index >= 15 is 0 Å². The van der Waals surface area contributed by atoms with Crippen molar-refractivity contribution >= 4 is 11.9 Å². The van der Waals surface area contributed by atoms with Crippen molar-refractivity contribution in [3.63, 3.8) is 0 Å². The molecular weight excluding hydrogens is 434 g/mol. The average molecular weight is 466 g/mol. The predicted octanol–water partition coefficient (Wildman–Crippen LogP) is 3.82. The van der Waals surface area contributed by atoms with Gasteiger partial charge >= 0.3 is 5.97 Å². The molecule has 2 heterocycles. The molecule has 0 unspecified atom stereocenters. The second-order valence-electron chi connectivity index (χ2n) is 9.24. The fourth-order valence-corrected chi connectivity index (χ4v) is 4.25. The molecule has 0 aliphatic heterocycles. The van der Waals surface area contributed by atoms with Crippen molar-refractivity contribution in [2.24, 2.45) is 5.41 Å². The van der Waals surface area contributed by atoms with Crippen molar-refractivity contribution in [1.29, 1.82) is 0 Å². The second kappa shape index (κ2) is 9.79. The Hall–Kier alpha value is -3.49. The van der Waals surface area contributed by atoms with Crippen LogP contribution in [-0.2, 0) is 28.9 Å². The van der Waals surface area contributed by atoms with Crippen LogP contribution in [0.15, 0.2) is 28.8 Å². The molecule has 4 rings (SSSR count). The van der Waals surface area contributed by atoms with Gasteiger partial charge in [-0.2, -0.15) is 10.1 Å². The van der Waals surface area contributed by atoms with Gasteiger partial charge in [0.2, 0.25) is 5.82 Å². The zero-order chi connectivity index (χ0) is 24.3. The number of fused-ring (bicyclic) bond motifs is 1. The Morgan fingerprint density at radius 1 is 1.21 bits per heavy atom. The largest absolute Gasteiger partial charge is 0.466 e. The molecule has 9 nitrogen and oxygen atoms in total. The van der Waals surface area contributed by atoms with Gasteiger partial charge in [0, 0.05) is 35.5 Å². The number of benzene rings is 1. The van der Waals surface area contributed by atoms with E-state index in [1.807, 2.05) is 4.68 Å². The molecule has 2 aromatic heterocycles. The average Bonchev–Trinajstić information content (AvgIpc) is 3.43. The molecule has 1 aliphatic rings. The molecular formula is C25H31N5O4. The molecule has 0 bridgehead atoms. The summed E-state index contributed by atoms with van der Waals surface area (Å²) in [6.45, 7) is 9.76. The number of aromatic nitrogens is 4. The van der Waals surface area contributed by atoms with Crippen molar-refractivity contribution < 1.29 is 18.8 Å². The first-order valence-electron chi connectivity index (χ1n) is 11.8. The van der Waals surface area contributed by atoms with E-state index in [1.165, 1.54) is 11.3 Å².